The van der Waals surface area contributed by atoms with Crippen LogP contribution in [0.4, 0.5) is 0 Å². The Morgan fingerprint density at radius 3 is 2.28 bits per heavy atom. The number of hydrogen-bond acceptors (Lipinski definition) is 2. The number of carbonyl (C=O) groups is 1. The molecule has 0 radical (unpaired) electrons. The van der Waals surface area contributed by atoms with Gasteiger partial charge in [0.1, 0.15) is 0 Å². The maximum Gasteiger partial charge on any atom is 0.337 e. The number of benzene rings is 2. The van der Waals surface area contributed by atoms with Gasteiger partial charge in [-0.05, 0) is 70.5 Å². The Balaban J connectivity index is 2.37. The molecule has 2 rings (SSSR count). The third kappa shape index (κ3) is 2.90. The highest BCUT2D eigenvalue weighted by atomic mass is 127. The van der Waals surface area contributed by atoms with Gasteiger partial charge in [0, 0.05) is 3.57 Å². The van der Waals surface area contributed by atoms with E-state index >= 15 is 0 Å². The van der Waals surface area contributed by atoms with Crippen LogP contribution in [0.1, 0.15) is 15.9 Å². The molecular formula is C15H13IO2. The van der Waals surface area contributed by atoms with Crippen LogP contribution >= 0.6 is 22.6 Å². The van der Waals surface area contributed by atoms with Gasteiger partial charge in [-0.3, -0.25) is 0 Å². The van der Waals surface area contributed by atoms with Crippen molar-refractivity contribution in [2.24, 2.45) is 0 Å². The second-order valence-corrected chi connectivity index (χ2v) is 5.33. The lowest BCUT2D eigenvalue weighted by Crippen LogP contribution is -2.00. The van der Waals surface area contributed by atoms with Gasteiger partial charge in [0.2, 0.25) is 0 Å². The molecule has 0 N–H and O–H groups in total. The minimum atomic E-state index is -0.305. The maximum absolute atomic E-state index is 11.3. The third-order valence-corrected chi connectivity index (χ3v) is 3.30. The lowest BCUT2D eigenvalue weighted by Gasteiger charge is -2.05. The molecule has 0 aromatic heterocycles. The van der Waals surface area contributed by atoms with Crippen LogP contribution in [-0.2, 0) is 4.74 Å². The van der Waals surface area contributed by atoms with Gasteiger partial charge < -0.3 is 4.74 Å². The molecule has 0 saturated heterocycles. The van der Waals surface area contributed by atoms with Crippen LogP contribution in [0.5, 0.6) is 0 Å². The van der Waals surface area contributed by atoms with Gasteiger partial charge in [-0.15, -0.1) is 0 Å². The third-order valence-electron chi connectivity index (χ3n) is 2.68. The lowest BCUT2D eigenvalue weighted by atomic mass is 10.0. The summed E-state index contributed by atoms with van der Waals surface area (Å²) in [6.45, 7) is 2.08. The molecule has 0 unspecified atom stereocenters. The van der Waals surface area contributed by atoms with E-state index in [0.29, 0.717) is 5.56 Å². The SMILES string of the molecule is COC(=O)c1ccc(-c2cc(C)cc(I)c2)cc1. The van der Waals surface area contributed by atoms with Crippen molar-refractivity contribution in [2.45, 2.75) is 6.92 Å². The molecule has 92 valence electrons. The smallest absolute Gasteiger partial charge is 0.337 e. The predicted octanol–water partition coefficient (Wildman–Crippen LogP) is 4.05. The summed E-state index contributed by atoms with van der Waals surface area (Å²) in [4.78, 5) is 11.3. The molecule has 0 atom stereocenters. The summed E-state index contributed by atoms with van der Waals surface area (Å²) in [5.41, 5.74) is 4.07. The quantitative estimate of drug-likeness (QED) is 0.602. The first kappa shape index (κ1) is 13.1. The first-order chi connectivity index (χ1) is 8.60. The fourth-order valence-electron chi connectivity index (χ4n) is 1.82. The molecule has 0 saturated carbocycles. The molecule has 0 heterocycles. The number of aryl methyl sites for hydroxylation is 1. The highest BCUT2D eigenvalue weighted by Gasteiger charge is 2.05. The predicted molar refractivity (Wildman–Crippen MR) is 80.7 cm³/mol. The zero-order valence-corrected chi connectivity index (χ0v) is 12.4. The van der Waals surface area contributed by atoms with E-state index in [4.69, 9.17) is 0 Å². The average molecular weight is 352 g/mol. The van der Waals surface area contributed by atoms with Crippen molar-refractivity contribution in [3.63, 3.8) is 0 Å². The van der Waals surface area contributed by atoms with Crippen molar-refractivity contribution < 1.29 is 9.53 Å². The molecule has 0 aliphatic heterocycles. The van der Waals surface area contributed by atoms with Crippen LogP contribution in [0.3, 0.4) is 0 Å². The van der Waals surface area contributed by atoms with E-state index in [1.165, 1.54) is 16.2 Å². The Bertz CT molecular complexity index is 553. The standard InChI is InChI=1S/C15H13IO2/c1-10-7-13(9-14(16)8-10)11-3-5-12(6-4-11)15(17)18-2/h3-9H,1-2H3. The molecule has 0 aliphatic carbocycles. The first-order valence-corrected chi connectivity index (χ1v) is 6.64. The Hall–Kier alpha value is -1.36. The number of esters is 1. The van der Waals surface area contributed by atoms with Crippen molar-refractivity contribution in [2.75, 3.05) is 7.11 Å². The molecule has 2 nitrogen and oxygen atoms in total. The lowest BCUT2D eigenvalue weighted by molar-refractivity contribution is 0.0601. The van der Waals surface area contributed by atoms with Crippen molar-refractivity contribution in [1.82, 2.24) is 0 Å². The Kier molecular flexibility index (Phi) is 4.01. The van der Waals surface area contributed by atoms with E-state index in [1.54, 1.807) is 12.1 Å². The van der Waals surface area contributed by atoms with Crippen molar-refractivity contribution >= 4 is 28.6 Å². The van der Waals surface area contributed by atoms with Crippen LogP contribution in [0.2, 0.25) is 0 Å². The summed E-state index contributed by atoms with van der Waals surface area (Å²) < 4.78 is 5.89. The monoisotopic (exact) mass is 352 g/mol. The molecule has 0 spiro atoms. The number of methoxy groups -OCH3 is 1. The molecule has 3 heteroatoms. The van der Waals surface area contributed by atoms with Crippen LogP contribution in [-0.4, -0.2) is 13.1 Å². The second kappa shape index (κ2) is 5.52. The number of rotatable bonds is 2. The molecule has 0 aliphatic rings. The summed E-state index contributed by atoms with van der Waals surface area (Å²) in [6, 6.07) is 13.9. The zero-order valence-electron chi connectivity index (χ0n) is 10.2. The minimum absolute atomic E-state index is 0.305. The van der Waals surface area contributed by atoms with Gasteiger partial charge in [-0.25, -0.2) is 4.79 Å². The molecule has 2 aromatic carbocycles. The average Bonchev–Trinajstić information content (AvgIpc) is 2.37. The Morgan fingerprint density at radius 1 is 1.06 bits per heavy atom. The van der Waals surface area contributed by atoms with E-state index in [2.05, 4.69) is 52.5 Å². The van der Waals surface area contributed by atoms with E-state index < -0.39 is 0 Å². The van der Waals surface area contributed by atoms with Gasteiger partial charge in [-0.2, -0.15) is 0 Å². The molecular weight excluding hydrogens is 339 g/mol. The van der Waals surface area contributed by atoms with E-state index in [-0.39, 0.29) is 5.97 Å². The van der Waals surface area contributed by atoms with Crippen LogP contribution in [0, 0.1) is 10.5 Å². The normalized spacial score (nSPS) is 10.2. The zero-order chi connectivity index (χ0) is 13.1. The summed E-state index contributed by atoms with van der Waals surface area (Å²) in [5.74, 6) is -0.305. The maximum atomic E-state index is 11.3. The van der Waals surface area contributed by atoms with Crippen molar-refractivity contribution in [3.8, 4) is 11.1 Å². The van der Waals surface area contributed by atoms with E-state index in [1.807, 2.05) is 12.1 Å². The molecule has 18 heavy (non-hydrogen) atoms. The van der Waals surface area contributed by atoms with Crippen LogP contribution in [0.25, 0.3) is 11.1 Å². The van der Waals surface area contributed by atoms with Gasteiger partial charge in [-0.1, -0.05) is 18.2 Å². The Morgan fingerprint density at radius 2 is 1.72 bits per heavy atom. The second-order valence-electron chi connectivity index (χ2n) is 4.09. The highest BCUT2D eigenvalue weighted by Crippen LogP contribution is 2.23. The van der Waals surface area contributed by atoms with Crippen molar-refractivity contribution in [3.05, 3.63) is 57.2 Å². The van der Waals surface area contributed by atoms with Crippen LogP contribution in [0.15, 0.2) is 42.5 Å². The summed E-state index contributed by atoms with van der Waals surface area (Å²) >= 11 is 2.31. The fraction of sp³-hybridized carbons (Fsp3) is 0.133. The van der Waals surface area contributed by atoms with Gasteiger partial charge >= 0.3 is 5.97 Å². The van der Waals surface area contributed by atoms with Gasteiger partial charge in [0.25, 0.3) is 0 Å². The van der Waals surface area contributed by atoms with Crippen LogP contribution < -0.4 is 0 Å². The first-order valence-electron chi connectivity index (χ1n) is 5.56. The molecule has 2 aromatic rings. The van der Waals surface area contributed by atoms with E-state index in [9.17, 15) is 4.79 Å². The van der Waals surface area contributed by atoms with Gasteiger partial charge in [0.15, 0.2) is 0 Å². The summed E-state index contributed by atoms with van der Waals surface area (Å²) in [5, 5.41) is 0. The Labute approximate surface area is 120 Å². The summed E-state index contributed by atoms with van der Waals surface area (Å²) in [7, 11) is 1.39. The molecule has 0 fully saturated rings. The highest BCUT2D eigenvalue weighted by molar-refractivity contribution is 14.1. The number of carbonyl (C=O) groups excluding carboxylic acids is 1. The summed E-state index contributed by atoms with van der Waals surface area (Å²) in [6.07, 6.45) is 0. The minimum Gasteiger partial charge on any atom is -0.465 e. The number of halogens is 1. The van der Waals surface area contributed by atoms with Gasteiger partial charge in [0.05, 0.1) is 12.7 Å². The molecule has 0 bridgehead atoms. The number of ether oxygens (including phenoxy) is 1. The number of hydrogen-bond donors (Lipinski definition) is 0. The van der Waals surface area contributed by atoms with Crippen molar-refractivity contribution in [1.29, 1.82) is 0 Å². The topological polar surface area (TPSA) is 26.3 Å². The largest absolute Gasteiger partial charge is 0.465 e. The fourth-order valence-corrected chi connectivity index (χ4v) is 2.65. The molecule has 0 amide bonds. The van der Waals surface area contributed by atoms with E-state index in [0.717, 1.165) is 11.1 Å².